The van der Waals surface area contributed by atoms with E-state index in [1.54, 1.807) is 0 Å². The van der Waals surface area contributed by atoms with E-state index >= 15 is 0 Å². The van der Waals surface area contributed by atoms with Gasteiger partial charge in [0.1, 0.15) is 0 Å². The largest absolute Gasteiger partial charge is 0.433 e. The molecule has 2 aromatic rings. The Morgan fingerprint density at radius 3 is 2.54 bits per heavy atom. The van der Waals surface area contributed by atoms with Crippen LogP contribution in [0.3, 0.4) is 0 Å². The molecule has 2 N–H and O–H groups in total. The summed E-state index contributed by atoms with van der Waals surface area (Å²) >= 11 is 3.14. The van der Waals surface area contributed by atoms with Gasteiger partial charge in [0.2, 0.25) is 0 Å². The molecule has 0 fully saturated rings. The zero-order valence-corrected chi connectivity index (χ0v) is 14.3. The summed E-state index contributed by atoms with van der Waals surface area (Å²) in [7, 11) is 0. The monoisotopic (exact) mass is 406 g/mol. The van der Waals surface area contributed by atoms with Crippen LogP contribution in [0.5, 0.6) is 0 Å². The van der Waals surface area contributed by atoms with Gasteiger partial charge in [-0.25, -0.2) is 9.67 Å². The lowest BCUT2D eigenvalue weighted by Gasteiger charge is -2.22. The third-order valence-corrected chi connectivity index (χ3v) is 3.48. The van der Waals surface area contributed by atoms with Crippen LogP contribution in [0.15, 0.2) is 28.9 Å². The Labute approximate surface area is 143 Å². The van der Waals surface area contributed by atoms with Crippen molar-refractivity contribution >= 4 is 21.8 Å². The van der Waals surface area contributed by atoms with Crippen molar-refractivity contribution in [3.8, 4) is 5.82 Å². The van der Waals surface area contributed by atoms with Crippen LogP contribution in [0.1, 0.15) is 30.0 Å². The second-order valence-corrected chi connectivity index (χ2v) is 6.57. The van der Waals surface area contributed by atoms with E-state index in [2.05, 4.69) is 31.3 Å². The van der Waals surface area contributed by atoms with Crippen molar-refractivity contribution in [3.05, 3.63) is 40.3 Å². The first kappa shape index (κ1) is 18.4. The minimum Gasteiger partial charge on any atom is -0.394 e. The summed E-state index contributed by atoms with van der Waals surface area (Å²) in [6, 6.07) is 3.50. The van der Waals surface area contributed by atoms with Crippen LogP contribution >= 0.6 is 15.9 Å². The summed E-state index contributed by atoms with van der Waals surface area (Å²) in [6.45, 7) is 2.69. The third-order valence-electron chi connectivity index (χ3n) is 3.01. The number of aliphatic hydroxyl groups is 1. The van der Waals surface area contributed by atoms with Crippen LogP contribution in [-0.2, 0) is 6.18 Å². The number of rotatable bonds is 4. The molecule has 0 radical (unpaired) electrons. The molecule has 24 heavy (non-hydrogen) atoms. The summed E-state index contributed by atoms with van der Waals surface area (Å²) in [5.41, 5.74) is -2.53. The highest BCUT2D eigenvalue weighted by Gasteiger charge is 2.38. The number of aliphatic hydroxyl groups excluding tert-OH is 1. The molecule has 0 saturated heterocycles. The van der Waals surface area contributed by atoms with Crippen molar-refractivity contribution in [2.45, 2.75) is 25.6 Å². The maximum atomic E-state index is 13.2. The number of carbonyl (C=O) groups excluding carboxylic acids is 1. The van der Waals surface area contributed by atoms with E-state index in [9.17, 15) is 18.0 Å². The van der Waals surface area contributed by atoms with Gasteiger partial charge >= 0.3 is 6.18 Å². The minimum absolute atomic E-state index is 0.0778. The number of aromatic nitrogens is 3. The highest BCUT2D eigenvalue weighted by Crippen LogP contribution is 2.31. The fourth-order valence-electron chi connectivity index (χ4n) is 1.77. The highest BCUT2D eigenvalue weighted by atomic mass is 79.9. The number of amides is 1. The Bertz CT molecular complexity index is 741. The van der Waals surface area contributed by atoms with Crippen molar-refractivity contribution in [1.29, 1.82) is 0 Å². The molecular weight excluding hydrogens is 393 g/mol. The van der Waals surface area contributed by atoms with Gasteiger partial charge in [-0.05, 0) is 41.9 Å². The molecule has 10 heteroatoms. The average molecular weight is 407 g/mol. The molecule has 0 saturated carbocycles. The van der Waals surface area contributed by atoms with E-state index in [1.165, 1.54) is 32.2 Å². The second-order valence-electron chi connectivity index (χ2n) is 5.66. The number of nitrogens with zero attached hydrogens (tertiary/aromatic N) is 3. The molecule has 6 nitrogen and oxygen atoms in total. The number of hydrogen-bond acceptors (Lipinski definition) is 4. The van der Waals surface area contributed by atoms with Crippen LogP contribution in [0.2, 0.25) is 0 Å². The van der Waals surface area contributed by atoms with E-state index in [1.807, 2.05) is 0 Å². The molecule has 2 heterocycles. The van der Waals surface area contributed by atoms with Crippen LogP contribution in [-0.4, -0.2) is 37.9 Å². The van der Waals surface area contributed by atoms with Gasteiger partial charge in [0.05, 0.1) is 12.1 Å². The predicted molar refractivity (Wildman–Crippen MR) is 82.7 cm³/mol. The Morgan fingerprint density at radius 2 is 2.04 bits per heavy atom. The third kappa shape index (κ3) is 4.12. The van der Waals surface area contributed by atoms with Gasteiger partial charge in [-0.1, -0.05) is 0 Å². The molecule has 0 aliphatic heterocycles. The van der Waals surface area contributed by atoms with Crippen LogP contribution in [0.4, 0.5) is 13.2 Å². The molecule has 0 aliphatic rings. The number of alkyl halides is 3. The highest BCUT2D eigenvalue weighted by molar-refractivity contribution is 9.10. The van der Waals surface area contributed by atoms with Crippen LogP contribution in [0.25, 0.3) is 5.82 Å². The zero-order valence-electron chi connectivity index (χ0n) is 12.7. The zero-order chi connectivity index (χ0) is 18.1. The van der Waals surface area contributed by atoms with Gasteiger partial charge in [-0.3, -0.25) is 4.79 Å². The summed E-state index contributed by atoms with van der Waals surface area (Å²) < 4.78 is 40.8. The Hall–Kier alpha value is -1.94. The molecular formula is C14H14BrF3N4O2. The normalized spacial score (nSPS) is 12.3. The molecule has 0 spiro atoms. The molecule has 130 valence electrons. The standard InChI is InChI=1S/C14H14BrF3N4O2/c1-13(2,7-23)20-12(24)9-5-10(14(16,17)18)22(21-9)11-4-3-8(15)6-19-11/h3-6,23H,7H2,1-2H3,(H,20,24). The fourth-order valence-corrected chi connectivity index (χ4v) is 2.01. The quantitative estimate of drug-likeness (QED) is 0.817. The first-order chi connectivity index (χ1) is 11.0. The number of hydrogen-bond donors (Lipinski definition) is 2. The number of pyridine rings is 1. The lowest BCUT2D eigenvalue weighted by atomic mass is 10.1. The first-order valence-electron chi connectivity index (χ1n) is 6.76. The maximum Gasteiger partial charge on any atom is 0.433 e. The van der Waals surface area contributed by atoms with Crippen molar-refractivity contribution in [3.63, 3.8) is 0 Å². The van der Waals surface area contributed by atoms with Crippen molar-refractivity contribution < 1.29 is 23.1 Å². The lowest BCUT2D eigenvalue weighted by Crippen LogP contribution is -2.46. The van der Waals surface area contributed by atoms with Gasteiger partial charge in [-0.2, -0.15) is 18.3 Å². The number of halogens is 4. The summed E-state index contributed by atoms with van der Waals surface area (Å²) in [5, 5.41) is 15.3. The summed E-state index contributed by atoms with van der Waals surface area (Å²) in [6.07, 6.45) is -3.39. The van der Waals surface area contributed by atoms with Crippen molar-refractivity contribution in [2.75, 3.05) is 6.61 Å². The van der Waals surface area contributed by atoms with Crippen molar-refractivity contribution in [2.24, 2.45) is 0 Å². The first-order valence-corrected chi connectivity index (χ1v) is 7.55. The van der Waals surface area contributed by atoms with Crippen molar-refractivity contribution in [1.82, 2.24) is 20.1 Å². The Balaban J connectivity index is 2.46. The SMILES string of the molecule is CC(C)(CO)NC(=O)c1cc(C(F)(F)F)n(-c2ccc(Br)cn2)n1. The van der Waals surface area contributed by atoms with E-state index in [0.717, 1.165) is 0 Å². The topological polar surface area (TPSA) is 80.0 Å². The molecule has 0 unspecified atom stereocenters. The smallest absolute Gasteiger partial charge is 0.394 e. The molecule has 0 atom stereocenters. The number of nitrogens with one attached hydrogen (secondary N) is 1. The predicted octanol–water partition coefficient (Wildman–Crippen LogP) is 2.55. The minimum atomic E-state index is -4.72. The molecule has 1 amide bonds. The lowest BCUT2D eigenvalue weighted by molar-refractivity contribution is -0.142. The van der Waals surface area contributed by atoms with Gasteiger partial charge in [0.15, 0.2) is 17.2 Å². The Morgan fingerprint density at radius 1 is 1.38 bits per heavy atom. The van der Waals surface area contributed by atoms with Crippen LogP contribution in [0, 0.1) is 0 Å². The van der Waals surface area contributed by atoms with E-state index in [0.29, 0.717) is 15.2 Å². The van der Waals surface area contributed by atoms with Gasteiger partial charge in [-0.15, -0.1) is 0 Å². The van der Waals surface area contributed by atoms with Crippen LogP contribution < -0.4 is 5.32 Å². The van der Waals surface area contributed by atoms with Gasteiger partial charge < -0.3 is 10.4 Å². The van der Waals surface area contributed by atoms with Gasteiger partial charge in [0.25, 0.3) is 5.91 Å². The molecule has 2 aromatic heterocycles. The molecule has 0 bridgehead atoms. The summed E-state index contributed by atoms with van der Waals surface area (Å²) in [4.78, 5) is 16.0. The Kier molecular flexibility index (Phi) is 5.00. The molecule has 2 rings (SSSR count). The molecule has 0 aliphatic carbocycles. The maximum absolute atomic E-state index is 13.2. The average Bonchev–Trinajstić information content (AvgIpc) is 2.93. The van der Waals surface area contributed by atoms with E-state index in [-0.39, 0.29) is 12.4 Å². The fraction of sp³-hybridized carbons (Fsp3) is 0.357. The van der Waals surface area contributed by atoms with E-state index in [4.69, 9.17) is 5.11 Å². The van der Waals surface area contributed by atoms with E-state index < -0.39 is 29.0 Å². The second kappa shape index (κ2) is 6.52. The summed E-state index contributed by atoms with van der Waals surface area (Å²) in [5.74, 6) is -0.901. The number of carbonyl (C=O) groups is 1. The molecule has 0 aromatic carbocycles. The van der Waals surface area contributed by atoms with Gasteiger partial charge in [0, 0.05) is 16.7 Å².